The number of aromatic nitrogens is 1. The highest BCUT2D eigenvalue weighted by Gasteiger charge is 2.59. The van der Waals surface area contributed by atoms with Gasteiger partial charge in [0.2, 0.25) is 0 Å². The highest BCUT2D eigenvalue weighted by Crippen LogP contribution is 2.52. The minimum Gasteiger partial charge on any atom is -0.377 e. The van der Waals surface area contributed by atoms with E-state index < -0.39 is 0 Å². The first-order valence-corrected chi connectivity index (χ1v) is 7.99. The average Bonchev–Trinajstić information content (AvgIpc) is 3.03. The number of hydrogen-bond acceptors (Lipinski definition) is 5. The third-order valence-corrected chi connectivity index (χ3v) is 5.44. The summed E-state index contributed by atoms with van der Waals surface area (Å²) in [6.07, 6.45) is 2.05. The Morgan fingerprint density at radius 3 is 3.20 bits per heavy atom. The molecule has 3 N–H and O–H groups in total. The van der Waals surface area contributed by atoms with Gasteiger partial charge < -0.3 is 15.8 Å². The van der Waals surface area contributed by atoms with E-state index in [1.54, 1.807) is 0 Å². The molecule has 5 nitrogen and oxygen atoms in total. The zero-order chi connectivity index (χ0) is 14.3. The quantitative estimate of drug-likeness (QED) is 0.874. The van der Waals surface area contributed by atoms with E-state index >= 15 is 0 Å². The van der Waals surface area contributed by atoms with Crippen molar-refractivity contribution in [2.45, 2.75) is 38.8 Å². The summed E-state index contributed by atoms with van der Waals surface area (Å²) in [7, 11) is 0. The zero-order valence-electron chi connectivity index (χ0n) is 11.9. The maximum Gasteiger partial charge on any atom is 0.271 e. The summed E-state index contributed by atoms with van der Waals surface area (Å²) in [6, 6.07) is 0.183. The SMILES string of the molecule is CC1(C)C(NC(=O)c2csc(CCN)n2)C2CCOC21. The van der Waals surface area contributed by atoms with Crippen molar-refractivity contribution < 1.29 is 9.53 Å². The van der Waals surface area contributed by atoms with Crippen LogP contribution < -0.4 is 11.1 Å². The van der Waals surface area contributed by atoms with E-state index in [4.69, 9.17) is 10.5 Å². The Balaban J connectivity index is 1.66. The van der Waals surface area contributed by atoms with Crippen LogP contribution in [0.4, 0.5) is 0 Å². The third kappa shape index (κ3) is 2.16. The topological polar surface area (TPSA) is 77.2 Å². The Morgan fingerprint density at radius 2 is 2.45 bits per heavy atom. The van der Waals surface area contributed by atoms with Crippen LogP contribution in [0.15, 0.2) is 5.38 Å². The van der Waals surface area contributed by atoms with Crippen LogP contribution in [0, 0.1) is 11.3 Å². The molecule has 1 aliphatic carbocycles. The maximum atomic E-state index is 12.3. The van der Waals surface area contributed by atoms with Gasteiger partial charge in [0.05, 0.1) is 11.1 Å². The molecule has 3 atom stereocenters. The van der Waals surface area contributed by atoms with E-state index in [0.717, 1.165) is 24.5 Å². The fraction of sp³-hybridized carbons (Fsp3) is 0.714. The number of fused-ring (bicyclic) bond motifs is 1. The van der Waals surface area contributed by atoms with Crippen molar-refractivity contribution in [1.82, 2.24) is 10.3 Å². The van der Waals surface area contributed by atoms with Crippen LogP contribution in [-0.2, 0) is 11.2 Å². The van der Waals surface area contributed by atoms with Crippen LogP contribution in [0.2, 0.25) is 0 Å². The first kappa shape index (κ1) is 14.0. The van der Waals surface area contributed by atoms with Gasteiger partial charge in [0, 0.05) is 35.8 Å². The Morgan fingerprint density at radius 1 is 1.65 bits per heavy atom. The number of ether oxygens (including phenoxy) is 1. The smallest absolute Gasteiger partial charge is 0.271 e. The van der Waals surface area contributed by atoms with Gasteiger partial charge in [-0.3, -0.25) is 4.79 Å². The molecule has 1 saturated heterocycles. The fourth-order valence-corrected chi connectivity index (χ4v) is 4.28. The van der Waals surface area contributed by atoms with Gasteiger partial charge in [-0.1, -0.05) is 13.8 Å². The molecule has 20 heavy (non-hydrogen) atoms. The predicted octanol–water partition coefficient (Wildman–Crippen LogP) is 1.19. The van der Waals surface area contributed by atoms with Crippen molar-refractivity contribution in [2.75, 3.05) is 13.2 Å². The number of carbonyl (C=O) groups is 1. The molecule has 1 aliphatic heterocycles. The summed E-state index contributed by atoms with van der Waals surface area (Å²) < 4.78 is 5.74. The summed E-state index contributed by atoms with van der Waals surface area (Å²) in [5.41, 5.74) is 6.02. The molecule has 1 aromatic heterocycles. The molecule has 2 aliphatic rings. The number of amides is 1. The molecule has 1 saturated carbocycles. The number of thiazole rings is 1. The zero-order valence-corrected chi connectivity index (χ0v) is 12.7. The summed E-state index contributed by atoms with van der Waals surface area (Å²) in [6.45, 7) is 5.68. The van der Waals surface area contributed by atoms with E-state index in [1.807, 2.05) is 5.38 Å². The lowest BCUT2D eigenvalue weighted by Crippen LogP contribution is -2.66. The van der Waals surface area contributed by atoms with Crippen molar-refractivity contribution in [1.29, 1.82) is 0 Å². The number of nitrogens with one attached hydrogen (secondary N) is 1. The largest absolute Gasteiger partial charge is 0.377 e. The van der Waals surface area contributed by atoms with Crippen molar-refractivity contribution in [3.63, 3.8) is 0 Å². The van der Waals surface area contributed by atoms with Crippen molar-refractivity contribution in [3.05, 3.63) is 16.1 Å². The molecule has 3 rings (SSSR count). The van der Waals surface area contributed by atoms with E-state index in [9.17, 15) is 4.79 Å². The molecule has 1 amide bonds. The average molecular weight is 295 g/mol. The lowest BCUT2D eigenvalue weighted by Gasteiger charge is -2.54. The molecule has 0 radical (unpaired) electrons. The summed E-state index contributed by atoms with van der Waals surface area (Å²) in [5.74, 6) is 0.379. The molecule has 2 heterocycles. The van der Waals surface area contributed by atoms with E-state index in [0.29, 0.717) is 18.2 Å². The van der Waals surface area contributed by atoms with Gasteiger partial charge in [0.25, 0.3) is 5.91 Å². The lowest BCUT2D eigenvalue weighted by molar-refractivity contribution is -0.108. The first-order chi connectivity index (χ1) is 9.54. The van der Waals surface area contributed by atoms with E-state index in [-0.39, 0.29) is 23.5 Å². The fourth-order valence-electron chi connectivity index (χ4n) is 3.49. The minimum absolute atomic E-state index is 0.00688. The van der Waals surface area contributed by atoms with Gasteiger partial charge in [-0.15, -0.1) is 11.3 Å². The highest BCUT2D eigenvalue weighted by atomic mass is 32.1. The Labute approximate surface area is 122 Å². The molecule has 0 aromatic carbocycles. The third-order valence-electron chi connectivity index (χ3n) is 4.53. The van der Waals surface area contributed by atoms with Crippen LogP contribution in [0.3, 0.4) is 0 Å². The Hall–Kier alpha value is -0.980. The van der Waals surface area contributed by atoms with Crippen LogP contribution in [0.1, 0.15) is 35.8 Å². The molecule has 2 fully saturated rings. The maximum absolute atomic E-state index is 12.3. The number of hydrogen-bond donors (Lipinski definition) is 2. The van der Waals surface area contributed by atoms with Crippen molar-refractivity contribution in [2.24, 2.45) is 17.1 Å². The number of nitrogens with zero attached hydrogens (tertiary/aromatic N) is 1. The second kappa shape index (κ2) is 5.09. The first-order valence-electron chi connectivity index (χ1n) is 7.11. The predicted molar refractivity (Wildman–Crippen MR) is 77.8 cm³/mol. The van der Waals surface area contributed by atoms with Gasteiger partial charge in [-0.2, -0.15) is 0 Å². The van der Waals surface area contributed by atoms with Crippen molar-refractivity contribution in [3.8, 4) is 0 Å². The summed E-state index contributed by atoms with van der Waals surface area (Å²) in [4.78, 5) is 16.6. The van der Waals surface area contributed by atoms with Gasteiger partial charge >= 0.3 is 0 Å². The summed E-state index contributed by atoms with van der Waals surface area (Å²) in [5, 5.41) is 5.88. The van der Waals surface area contributed by atoms with E-state index in [2.05, 4.69) is 24.1 Å². The van der Waals surface area contributed by atoms with Crippen LogP contribution in [0.25, 0.3) is 0 Å². The van der Waals surface area contributed by atoms with Crippen molar-refractivity contribution >= 4 is 17.2 Å². The second-order valence-corrected chi connectivity index (χ2v) is 7.12. The van der Waals surface area contributed by atoms with Crippen LogP contribution in [0.5, 0.6) is 0 Å². The van der Waals surface area contributed by atoms with Gasteiger partial charge in [-0.25, -0.2) is 4.98 Å². The Kier molecular flexibility index (Phi) is 3.56. The molecule has 1 aromatic rings. The van der Waals surface area contributed by atoms with Gasteiger partial charge in [-0.05, 0) is 13.0 Å². The summed E-state index contributed by atoms with van der Waals surface area (Å²) >= 11 is 1.50. The number of carbonyl (C=O) groups excluding carboxylic acids is 1. The normalized spacial score (nSPS) is 30.6. The lowest BCUT2D eigenvalue weighted by atomic mass is 9.57. The highest BCUT2D eigenvalue weighted by molar-refractivity contribution is 7.09. The number of rotatable bonds is 4. The van der Waals surface area contributed by atoms with E-state index in [1.165, 1.54) is 11.3 Å². The van der Waals surface area contributed by atoms with Crippen LogP contribution >= 0.6 is 11.3 Å². The van der Waals surface area contributed by atoms with Gasteiger partial charge in [0.15, 0.2) is 0 Å². The molecule has 110 valence electrons. The monoisotopic (exact) mass is 295 g/mol. The standard InChI is InChI=1S/C14H21N3O2S/c1-14(2)11(8-4-6-19-12(8)14)17-13(18)9-7-20-10(16-9)3-5-15/h7-8,11-12H,3-6,15H2,1-2H3,(H,17,18). The molecular weight excluding hydrogens is 274 g/mol. The molecule has 0 bridgehead atoms. The minimum atomic E-state index is -0.0760. The molecule has 3 unspecified atom stereocenters. The van der Waals surface area contributed by atoms with Gasteiger partial charge in [0.1, 0.15) is 5.69 Å². The second-order valence-electron chi connectivity index (χ2n) is 6.18. The van der Waals surface area contributed by atoms with Crippen LogP contribution in [-0.4, -0.2) is 36.2 Å². The number of nitrogens with two attached hydrogens (primary N) is 1. The molecular formula is C14H21N3O2S. The molecule has 0 spiro atoms. The Bertz CT molecular complexity index is 514. The molecule has 6 heteroatoms.